The molecule has 1 unspecified atom stereocenters. The Labute approximate surface area is 112 Å². The highest BCUT2D eigenvalue weighted by Crippen LogP contribution is 2.19. The molecule has 2 amide bonds. The van der Waals surface area contributed by atoms with Crippen molar-refractivity contribution >= 4 is 17.8 Å². The van der Waals surface area contributed by atoms with Gasteiger partial charge in [-0.1, -0.05) is 0 Å². The normalized spacial score (nSPS) is 18.7. The number of hydrogen-bond acceptors (Lipinski definition) is 4. The number of likely N-dealkylation sites (tertiary alicyclic amines) is 1. The lowest BCUT2D eigenvalue weighted by atomic mass is 10.1. The molecule has 0 aromatic rings. The predicted octanol–water partition coefficient (Wildman–Crippen LogP) is -0.586. The fourth-order valence-electron chi connectivity index (χ4n) is 2.12. The van der Waals surface area contributed by atoms with Crippen molar-refractivity contribution in [2.75, 3.05) is 39.9 Å². The maximum atomic E-state index is 12.1. The van der Waals surface area contributed by atoms with E-state index >= 15 is 0 Å². The Morgan fingerprint density at radius 1 is 1.53 bits per heavy atom. The Morgan fingerprint density at radius 2 is 2.21 bits per heavy atom. The van der Waals surface area contributed by atoms with E-state index < -0.39 is 11.9 Å². The minimum atomic E-state index is -1.05. The zero-order chi connectivity index (χ0) is 14.4. The Morgan fingerprint density at radius 3 is 2.74 bits per heavy atom. The first kappa shape index (κ1) is 15.4. The molecule has 1 rings (SSSR count). The second-order valence-corrected chi connectivity index (χ2v) is 4.48. The van der Waals surface area contributed by atoms with E-state index in [4.69, 9.17) is 9.84 Å². The first-order valence-corrected chi connectivity index (χ1v) is 6.26. The van der Waals surface area contributed by atoms with E-state index in [0.717, 1.165) is 0 Å². The minimum absolute atomic E-state index is 0.0817. The summed E-state index contributed by atoms with van der Waals surface area (Å²) >= 11 is 0. The first-order valence-electron chi connectivity index (χ1n) is 6.26. The molecule has 0 aliphatic carbocycles. The monoisotopic (exact) mass is 272 g/mol. The van der Waals surface area contributed by atoms with Gasteiger partial charge in [-0.25, -0.2) is 0 Å². The van der Waals surface area contributed by atoms with Gasteiger partial charge in [0.15, 0.2) is 0 Å². The number of ether oxygens (including phenoxy) is 1. The molecule has 1 saturated heterocycles. The number of carboxylic acids is 1. The van der Waals surface area contributed by atoms with Crippen molar-refractivity contribution in [2.24, 2.45) is 5.92 Å². The van der Waals surface area contributed by atoms with Crippen molar-refractivity contribution in [1.29, 1.82) is 0 Å². The van der Waals surface area contributed by atoms with Crippen LogP contribution >= 0.6 is 0 Å². The number of likely N-dealkylation sites (N-methyl/N-ethyl adjacent to an activating group) is 1. The van der Waals surface area contributed by atoms with Gasteiger partial charge in [0, 0.05) is 33.2 Å². The molecule has 19 heavy (non-hydrogen) atoms. The van der Waals surface area contributed by atoms with E-state index in [1.807, 2.05) is 0 Å². The molecule has 0 aromatic heterocycles. The second kappa shape index (κ2) is 7.08. The third kappa shape index (κ3) is 4.20. The maximum Gasteiger partial charge on any atom is 0.323 e. The van der Waals surface area contributed by atoms with Crippen molar-refractivity contribution < 1.29 is 24.2 Å². The van der Waals surface area contributed by atoms with Gasteiger partial charge in [-0.15, -0.1) is 0 Å². The number of nitrogens with zero attached hydrogens (tertiary/aromatic N) is 2. The summed E-state index contributed by atoms with van der Waals surface area (Å²) in [6.07, 6.45) is 0.151. The molecule has 0 aromatic carbocycles. The highest BCUT2D eigenvalue weighted by Gasteiger charge is 2.36. The second-order valence-electron chi connectivity index (χ2n) is 4.48. The number of carboxylic acid groups (broad SMARTS) is 1. The fourth-order valence-corrected chi connectivity index (χ4v) is 2.12. The van der Waals surface area contributed by atoms with Crippen LogP contribution in [0, 0.1) is 5.92 Å². The van der Waals surface area contributed by atoms with Gasteiger partial charge in [0.25, 0.3) is 0 Å². The molecular weight excluding hydrogens is 252 g/mol. The van der Waals surface area contributed by atoms with Crippen LogP contribution in [-0.4, -0.2) is 72.6 Å². The van der Waals surface area contributed by atoms with Crippen molar-refractivity contribution in [2.45, 2.75) is 13.3 Å². The standard InChI is InChI=1S/C12H20N2O5/c1-3-13(8-11(16)17)12(18)9-6-10(15)14(7-9)4-5-19-2/h9H,3-8H2,1-2H3,(H,16,17). The van der Waals surface area contributed by atoms with E-state index in [9.17, 15) is 14.4 Å². The molecular formula is C12H20N2O5. The van der Waals surface area contributed by atoms with Gasteiger partial charge in [0.1, 0.15) is 6.54 Å². The van der Waals surface area contributed by atoms with Crippen LogP contribution in [0.2, 0.25) is 0 Å². The third-order valence-corrected chi connectivity index (χ3v) is 3.15. The van der Waals surface area contributed by atoms with Gasteiger partial charge in [-0.3, -0.25) is 14.4 Å². The van der Waals surface area contributed by atoms with Crippen molar-refractivity contribution in [3.63, 3.8) is 0 Å². The minimum Gasteiger partial charge on any atom is -0.480 e. The zero-order valence-electron chi connectivity index (χ0n) is 11.3. The van der Waals surface area contributed by atoms with Gasteiger partial charge in [-0.05, 0) is 6.92 Å². The summed E-state index contributed by atoms with van der Waals surface area (Å²) in [5.41, 5.74) is 0. The molecule has 0 saturated carbocycles. The van der Waals surface area contributed by atoms with Crippen LogP contribution in [0.5, 0.6) is 0 Å². The average molecular weight is 272 g/mol. The van der Waals surface area contributed by atoms with Crippen LogP contribution in [0.25, 0.3) is 0 Å². The summed E-state index contributed by atoms with van der Waals surface area (Å²) in [7, 11) is 1.55. The molecule has 1 aliphatic heterocycles. The van der Waals surface area contributed by atoms with E-state index in [1.165, 1.54) is 4.90 Å². The van der Waals surface area contributed by atoms with E-state index in [0.29, 0.717) is 26.2 Å². The van der Waals surface area contributed by atoms with Gasteiger partial charge < -0.3 is 19.6 Å². The Bertz CT molecular complexity index is 358. The predicted molar refractivity (Wildman–Crippen MR) is 66.5 cm³/mol. The molecule has 1 atom stereocenters. The van der Waals surface area contributed by atoms with Crippen molar-refractivity contribution in [3.05, 3.63) is 0 Å². The average Bonchev–Trinajstić information content (AvgIpc) is 2.73. The molecule has 1 N–H and O–H groups in total. The van der Waals surface area contributed by atoms with Gasteiger partial charge >= 0.3 is 5.97 Å². The number of amides is 2. The maximum absolute atomic E-state index is 12.1. The Kier molecular flexibility index (Phi) is 5.75. The van der Waals surface area contributed by atoms with Gasteiger partial charge in [0.05, 0.1) is 12.5 Å². The van der Waals surface area contributed by atoms with Crippen LogP contribution < -0.4 is 0 Å². The number of methoxy groups -OCH3 is 1. The summed E-state index contributed by atoms with van der Waals surface area (Å²) in [6.45, 7) is 2.97. The summed E-state index contributed by atoms with van der Waals surface area (Å²) in [5.74, 6) is -1.83. The highest BCUT2D eigenvalue weighted by molar-refractivity contribution is 5.90. The van der Waals surface area contributed by atoms with E-state index in [-0.39, 0.29) is 24.8 Å². The Hall–Kier alpha value is -1.63. The van der Waals surface area contributed by atoms with Crippen LogP contribution in [0.15, 0.2) is 0 Å². The highest BCUT2D eigenvalue weighted by atomic mass is 16.5. The Balaban J connectivity index is 2.58. The topological polar surface area (TPSA) is 87.2 Å². The zero-order valence-corrected chi connectivity index (χ0v) is 11.3. The summed E-state index contributed by atoms with van der Waals surface area (Å²) < 4.78 is 4.90. The van der Waals surface area contributed by atoms with Crippen molar-refractivity contribution in [1.82, 2.24) is 9.80 Å². The summed E-state index contributed by atoms with van der Waals surface area (Å²) in [4.78, 5) is 37.4. The number of hydrogen-bond donors (Lipinski definition) is 1. The fraction of sp³-hybridized carbons (Fsp3) is 0.750. The summed E-state index contributed by atoms with van der Waals surface area (Å²) in [5, 5.41) is 8.74. The van der Waals surface area contributed by atoms with Crippen LogP contribution in [0.1, 0.15) is 13.3 Å². The van der Waals surface area contributed by atoms with E-state index in [1.54, 1.807) is 18.9 Å². The van der Waals surface area contributed by atoms with Crippen molar-refractivity contribution in [3.8, 4) is 0 Å². The van der Waals surface area contributed by atoms with Gasteiger partial charge in [0.2, 0.25) is 11.8 Å². The van der Waals surface area contributed by atoms with Crippen LogP contribution in [0.3, 0.4) is 0 Å². The summed E-state index contributed by atoms with van der Waals surface area (Å²) in [6, 6.07) is 0. The lowest BCUT2D eigenvalue weighted by Crippen LogP contribution is -2.40. The molecule has 1 fully saturated rings. The smallest absolute Gasteiger partial charge is 0.323 e. The largest absolute Gasteiger partial charge is 0.480 e. The number of aliphatic carboxylic acids is 1. The third-order valence-electron chi connectivity index (χ3n) is 3.15. The molecule has 0 spiro atoms. The first-order chi connectivity index (χ1) is 8.99. The lowest BCUT2D eigenvalue weighted by Gasteiger charge is -2.22. The number of carbonyl (C=O) groups excluding carboxylic acids is 2. The molecule has 108 valence electrons. The van der Waals surface area contributed by atoms with Gasteiger partial charge in [-0.2, -0.15) is 0 Å². The lowest BCUT2D eigenvalue weighted by molar-refractivity contribution is -0.146. The number of rotatable bonds is 7. The molecule has 1 aliphatic rings. The molecule has 1 heterocycles. The molecule has 0 radical (unpaired) electrons. The van der Waals surface area contributed by atoms with E-state index in [2.05, 4.69) is 0 Å². The quantitative estimate of drug-likeness (QED) is 0.669. The van der Waals surface area contributed by atoms with Crippen LogP contribution in [-0.2, 0) is 19.1 Å². The SMILES string of the molecule is CCN(CC(=O)O)C(=O)C1CC(=O)N(CCOC)C1. The molecule has 0 bridgehead atoms. The van der Waals surface area contributed by atoms with Crippen LogP contribution in [0.4, 0.5) is 0 Å². The molecule has 7 nitrogen and oxygen atoms in total. The number of carbonyl (C=O) groups is 3. The molecule has 7 heteroatoms.